The topological polar surface area (TPSA) is 99.4 Å². The van der Waals surface area contributed by atoms with Gasteiger partial charge in [-0.05, 0) is 24.3 Å². The predicted molar refractivity (Wildman–Crippen MR) is 94.0 cm³/mol. The van der Waals surface area contributed by atoms with Crippen LogP contribution < -0.4 is 14.8 Å². The third-order valence-corrected chi connectivity index (χ3v) is 3.58. The number of carbonyl (C=O) groups excluding carboxylic acids is 1. The van der Waals surface area contributed by atoms with E-state index in [0.717, 1.165) is 0 Å². The van der Waals surface area contributed by atoms with Crippen LogP contribution in [0.25, 0.3) is 11.6 Å². The van der Waals surface area contributed by atoms with E-state index < -0.39 is 0 Å². The first-order valence-electron chi connectivity index (χ1n) is 7.95. The Bertz CT molecular complexity index is 880. The fourth-order valence-corrected chi connectivity index (χ4v) is 2.31. The maximum atomic E-state index is 12.1. The summed E-state index contributed by atoms with van der Waals surface area (Å²) in [6.07, 6.45) is 2.19. The van der Waals surface area contributed by atoms with Gasteiger partial charge in [0.25, 0.3) is 5.89 Å². The van der Waals surface area contributed by atoms with Crippen molar-refractivity contribution in [3.8, 4) is 23.1 Å². The molecule has 8 heteroatoms. The Hall–Kier alpha value is -3.42. The van der Waals surface area contributed by atoms with Crippen LogP contribution in [-0.4, -0.2) is 35.3 Å². The normalized spacial score (nSPS) is 10.4. The van der Waals surface area contributed by atoms with E-state index in [4.69, 9.17) is 13.9 Å². The number of aryl methyl sites for hydroxylation is 1. The maximum Gasteiger partial charge on any atom is 0.266 e. The molecule has 0 aliphatic rings. The summed E-state index contributed by atoms with van der Waals surface area (Å²) in [7, 11) is 3.10. The number of hydrogen-bond acceptors (Lipinski definition) is 7. The van der Waals surface area contributed by atoms with Gasteiger partial charge in [0.05, 0.1) is 14.2 Å². The number of pyridine rings is 1. The average Bonchev–Trinajstić information content (AvgIpc) is 3.16. The fraction of sp³-hybridized carbons (Fsp3) is 0.222. The molecule has 2 heterocycles. The van der Waals surface area contributed by atoms with Crippen molar-refractivity contribution < 1.29 is 18.7 Å². The minimum atomic E-state index is -0.171. The summed E-state index contributed by atoms with van der Waals surface area (Å²) in [6, 6.07) is 10.6. The number of anilines is 1. The SMILES string of the molecule is COc1ccc(NC(=O)CCc2nnc(-c3ccccn3)o2)cc1OC. The lowest BCUT2D eigenvalue weighted by Crippen LogP contribution is -2.12. The van der Waals surface area contributed by atoms with E-state index in [2.05, 4.69) is 20.5 Å². The third-order valence-electron chi connectivity index (χ3n) is 3.58. The number of rotatable bonds is 7. The van der Waals surface area contributed by atoms with E-state index >= 15 is 0 Å². The number of amides is 1. The number of methoxy groups -OCH3 is 2. The van der Waals surface area contributed by atoms with Crippen molar-refractivity contribution >= 4 is 11.6 Å². The van der Waals surface area contributed by atoms with Crippen LogP contribution in [0.4, 0.5) is 5.69 Å². The molecule has 26 heavy (non-hydrogen) atoms. The summed E-state index contributed by atoms with van der Waals surface area (Å²) in [5.41, 5.74) is 1.22. The molecule has 0 atom stereocenters. The van der Waals surface area contributed by atoms with E-state index in [1.165, 1.54) is 7.11 Å². The molecule has 0 unspecified atom stereocenters. The molecular weight excluding hydrogens is 336 g/mol. The highest BCUT2D eigenvalue weighted by Gasteiger charge is 2.12. The number of hydrogen-bond donors (Lipinski definition) is 1. The quantitative estimate of drug-likeness (QED) is 0.696. The standard InChI is InChI=1S/C18H18N4O4/c1-24-14-7-6-12(11-15(14)25-2)20-16(23)8-9-17-21-22-18(26-17)13-5-3-4-10-19-13/h3-7,10-11H,8-9H2,1-2H3,(H,20,23). The number of carbonyl (C=O) groups is 1. The van der Waals surface area contributed by atoms with E-state index in [-0.39, 0.29) is 12.3 Å². The molecule has 0 saturated heterocycles. The second-order valence-electron chi connectivity index (χ2n) is 5.33. The van der Waals surface area contributed by atoms with Crippen molar-refractivity contribution in [2.45, 2.75) is 12.8 Å². The minimum absolute atomic E-state index is 0.171. The molecule has 0 saturated carbocycles. The van der Waals surface area contributed by atoms with Crippen molar-refractivity contribution in [3.05, 3.63) is 48.5 Å². The van der Waals surface area contributed by atoms with Gasteiger partial charge >= 0.3 is 0 Å². The third kappa shape index (κ3) is 4.15. The van der Waals surface area contributed by atoms with Crippen molar-refractivity contribution in [2.75, 3.05) is 19.5 Å². The summed E-state index contributed by atoms with van der Waals surface area (Å²) in [5, 5.41) is 10.7. The van der Waals surface area contributed by atoms with Gasteiger partial charge in [-0.15, -0.1) is 10.2 Å². The summed E-state index contributed by atoms with van der Waals surface area (Å²) in [6.45, 7) is 0. The lowest BCUT2D eigenvalue weighted by Gasteiger charge is -2.10. The van der Waals surface area contributed by atoms with Gasteiger partial charge in [0.2, 0.25) is 11.8 Å². The van der Waals surface area contributed by atoms with E-state index in [0.29, 0.717) is 41.1 Å². The van der Waals surface area contributed by atoms with Gasteiger partial charge in [0.15, 0.2) is 11.5 Å². The molecule has 0 spiro atoms. The first-order chi connectivity index (χ1) is 12.7. The van der Waals surface area contributed by atoms with Crippen LogP contribution in [0, 0.1) is 0 Å². The Balaban J connectivity index is 1.57. The summed E-state index contributed by atoms with van der Waals surface area (Å²) >= 11 is 0. The smallest absolute Gasteiger partial charge is 0.266 e. The van der Waals surface area contributed by atoms with Crippen LogP contribution in [-0.2, 0) is 11.2 Å². The Kier molecular flexibility index (Phi) is 5.43. The zero-order valence-electron chi connectivity index (χ0n) is 14.4. The number of aromatic nitrogens is 3. The number of benzene rings is 1. The molecule has 8 nitrogen and oxygen atoms in total. The second kappa shape index (κ2) is 8.11. The molecule has 134 valence electrons. The second-order valence-corrected chi connectivity index (χ2v) is 5.33. The van der Waals surface area contributed by atoms with Gasteiger partial charge < -0.3 is 19.2 Å². The molecule has 2 aromatic heterocycles. The molecule has 3 aromatic rings. The molecule has 3 rings (SSSR count). The van der Waals surface area contributed by atoms with Gasteiger partial charge in [-0.25, -0.2) is 0 Å². The van der Waals surface area contributed by atoms with Crippen molar-refractivity contribution in [1.82, 2.24) is 15.2 Å². The van der Waals surface area contributed by atoms with Gasteiger partial charge in [-0.1, -0.05) is 6.07 Å². The molecule has 1 aromatic carbocycles. The Morgan fingerprint density at radius 1 is 1.12 bits per heavy atom. The molecule has 0 fully saturated rings. The van der Waals surface area contributed by atoms with Crippen LogP contribution in [0.2, 0.25) is 0 Å². The van der Waals surface area contributed by atoms with Crippen LogP contribution in [0.5, 0.6) is 11.5 Å². The van der Waals surface area contributed by atoms with E-state index in [1.54, 1.807) is 43.6 Å². The first-order valence-corrected chi connectivity index (χ1v) is 7.95. The van der Waals surface area contributed by atoms with Crippen LogP contribution in [0.15, 0.2) is 47.0 Å². The lowest BCUT2D eigenvalue weighted by molar-refractivity contribution is -0.116. The molecule has 1 N–H and O–H groups in total. The highest BCUT2D eigenvalue weighted by molar-refractivity contribution is 5.91. The van der Waals surface area contributed by atoms with Gasteiger partial charge in [-0.2, -0.15) is 0 Å². The molecule has 0 aliphatic heterocycles. The Labute approximate surface area is 150 Å². The van der Waals surface area contributed by atoms with Gasteiger partial charge in [0, 0.05) is 30.8 Å². The predicted octanol–water partition coefficient (Wildman–Crippen LogP) is 2.72. The van der Waals surface area contributed by atoms with E-state index in [9.17, 15) is 4.79 Å². The zero-order chi connectivity index (χ0) is 18.4. The van der Waals surface area contributed by atoms with Crippen molar-refractivity contribution in [2.24, 2.45) is 0 Å². The zero-order valence-corrected chi connectivity index (χ0v) is 14.4. The molecule has 0 radical (unpaired) electrons. The summed E-state index contributed by atoms with van der Waals surface area (Å²) in [4.78, 5) is 16.3. The molecule has 1 amide bonds. The first kappa shape index (κ1) is 17.4. The summed E-state index contributed by atoms with van der Waals surface area (Å²) < 4.78 is 15.9. The number of nitrogens with one attached hydrogen (secondary N) is 1. The largest absolute Gasteiger partial charge is 0.493 e. The van der Waals surface area contributed by atoms with Crippen LogP contribution in [0.3, 0.4) is 0 Å². The highest BCUT2D eigenvalue weighted by atomic mass is 16.5. The van der Waals surface area contributed by atoms with Crippen LogP contribution >= 0.6 is 0 Å². The number of nitrogens with zero attached hydrogens (tertiary/aromatic N) is 3. The van der Waals surface area contributed by atoms with Crippen molar-refractivity contribution in [1.29, 1.82) is 0 Å². The highest BCUT2D eigenvalue weighted by Crippen LogP contribution is 2.29. The van der Waals surface area contributed by atoms with E-state index in [1.807, 2.05) is 6.07 Å². The van der Waals surface area contributed by atoms with Crippen molar-refractivity contribution in [3.63, 3.8) is 0 Å². The van der Waals surface area contributed by atoms with Gasteiger partial charge in [-0.3, -0.25) is 9.78 Å². The monoisotopic (exact) mass is 354 g/mol. The van der Waals surface area contributed by atoms with Crippen LogP contribution in [0.1, 0.15) is 12.3 Å². The number of ether oxygens (including phenoxy) is 2. The Morgan fingerprint density at radius 3 is 2.69 bits per heavy atom. The fourth-order valence-electron chi connectivity index (χ4n) is 2.31. The minimum Gasteiger partial charge on any atom is -0.493 e. The summed E-state index contributed by atoms with van der Waals surface area (Å²) in [5.74, 6) is 1.68. The lowest BCUT2D eigenvalue weighted by atomic mass is 10.2. The maximum absolute atomic E-state index is 12.1. The molecule has 0 aliphatic carbocycles. The Morgan fingerprint density at radius 2 is 1.96 bits per heavy atom. The molecular formula is C18H18N4O4. The average molecular weight is 354 g/mol. The van der Waals surface area contributed by atoms with Gasteiger partial charge in [0.1, 0.15) is 5.69 Å². The molecule has 0 bridgehead atoms.